The molecule has 1 aromatic carbocycles. The van der Waals surface area contributed by atoms with Gasteiger partial charge in [0.1, 0.15) is 0 Å². The highest BCUT2D eigenvalue weighted by atomic mass is 79.9. The summed E-state index contributed by atoms with van der Waals surface area (Å²) in [4.78, 5) is 15.1. The lowest BCUT2D eigenvalue weighted by atomic mass is 10.1. The summed E-state index contributed by atoms with van der Waals surface area (Å²) in [7, 11) is 0. The minimum atomic E-state index is -0.749. The molecule has 1 aromatic heterocycles. The van der Waals surface area contributed by atoms with E-state index >= 15 is 0 Å². The van der Waals surface area contributed by atoms with E-state index in [0.717, 1.165) is 26.1 Å². The lowest BCUT2D eigenvalue weighted by Crippen LogP contribution is -2.06. The van der Waals surface area contributed by atoms with Crippen LogP contribution in [0.4, 0.5) is 0 Å². The summed E-state index contributed by atoms with van der Waals surface area (Å²) >= 11 is 5.05. The SMILES string of the molecule is CC(CC(=O)O)Cc1nc2cc(Br)ccc2s1. The van der Waals surface area contributed by atoms with Crippen LogP contribution in [0.15, 0.2) is 22.7 Å². The van der Waals surface area contributed by atoms with E-state index in [1.807, 2.05) is 25.1 Å². The second-order valence-electron chi connectivity index (χ2n) is 4.13. The van der Waals surface area contributed by atoms with Crippen molar-refractivity contribution >= 4 is 43.5 Å². The Labute approximate surface area is 112 Å². The van der Waals surface area contributed by atoms with Crippen LogP contribution in [0.2, 0.25) is 0 Å². The van der Waals surface area contributed by atoms with Crippen molar-refractivity contribution in [2.75, 3.05) is 0 Å². The first-order chi connectivity index (χ1) is 8.04. The highest BCUT2D eigenvalue weighted by molar-refractivity contribution is 9.10. The highest BCUT2D eigenvalue weighted by Gasteiger charge is 2.11. The number of hydrogen-bond acceptors (Lipinski definition) is 3. The van der Waals surface area contributed by atoms with Crippen molar-refractivity contribution in [1.82, 2.24) is 4.98 Å². The van der Waals surface area contributed by atoms with Gasteiger partial charge in [-0.3, -0.25) is 4.79 Å². The Kier molecular flexibility index (Phi) is 3.79. The second kappa shape index (κ2) is 5.14. The molecule has 90 valence electrons. The Morgan fingerprint density at radius 1 is 1.59 bits per heavy atom. The summed E-state index contributed by atoms with van der Waals surface area (Å²) in [6, 6.07) is 6.00. The third-order valence-electron chi connectivity index (χ3n) is 2.44. The Bertz CT molecular complexity index is 552. The van der Waals surface area contributed by atoms with Crippen LogP contribution in [0.1, 0.15) is 18.4 Å². The Morgan fingerprint density at radius 2 is 2.35 bits per heavy atom. The Morgan fingerprint density at radius 3 is 3.06 bits per heavy atom. The summed E-state index contributed by atoms with van der Waals surface area (Å²) in [6.45, 7) is 1.94. The largest absolute Gasteiger partial charge is 0.481 e. The maximum absolute atomic E-state index is 10.6. The average molecular weight is 314 g/mol. The van der Waals surface area contributed by atoms with Crippen LogP contribution in [-0.4, -0.2) is 16.1 Å². The molecule has 0 radical (unpaired) electrons. The van der Waals surface area contributed by atoms with Crippen LogP contribution >= 0.6 is 27.3 Å². The fraction of sp³-hybridized carbons (Fsp3) is 0.333. The predicted octanol–water partition coefficient (Wildman–Crippen LogP) is 3.71. The lowest BCUT2D eigenvalue weighted by molar-refractivity contribution is -0.137. The summed E-state index contributed by atoms with van der Waals surface area (Å²) in [5.41, 5.74) is 0.974. The minimum Gasteiger partial charge on any atom is -0.481 e. The van der Waals surface area contributed by atoms with E-state index in [1.54, 1.807) is 11.3 Å². The van der Waals surface area contributed by atoms with Gasteiger partial charge in [-0.2, -0.15) is 0 Å². The van der Waals surface area contributed by atoms with Gasteiger partial charge in [0, 0.05) is 17.3 Å². The molecule has 0 saturated heterocycles. The monoisotopic (exact) mass is 313 g/mol. The summed E-state index contributed by atoms with van der Waals surface area (Å²) in [5, 5.41) is 9.72. The van der Waals surface area contributed by atoms with Crippen molar-refractivity contribution in [3.05, 3.63) is 27.7 Å². The zero-order valence-electron chi connectivity index (χ0n) is 9.31. The van der Waals surface area contributed by atoms with E-state index in [-0.39, 0.29) is 12.3 Å². The Hall–Kier alpha value is -0.940. The molecule has 0 aliphatic heterocycles. The van der Waals surface area contributed by atoms with Crippen molar-refractivity contribution in [1.29, 1.82) is 0 Å². The first kappa shape index (κ1) is 12.5. The predicted molar refractivity (Wildman–Crippen MR) is 72.4 cm³/mol. The Balaban J connectivity index is 2.16. The number of halogens is 1. The number of thiazole rings is 1. The summed E-state index contributed by atoms with van der Waals surface area (Å²) < 4.78 is 2.16. The van der Waals surface area contributed by atoms with Gasteiger partial charge in [0.15, 0.2) is 0 Å². The number of benzene rings is 1. The van der Waals surface area contributed by atoms with Crippen LogP contribution in [-0.2, 0) is 11.2 Å². The molecule has 3 nitrogen and oxygen atoms in total. The van der Waals surface area contributed by atoms with E-state index in [1.165, 1.54) is 0 Å². The fourth-order valence-corrected chi connectivity index (χ4v) is 3.16. The number of fused-ring (bicyclic) bond motifs is 1. The van der Waals surface area contributed by atoms with Crippen LogP contribution in [0.5, 0.6) is 0 Å². The molecular formula is C12H12BrNO2S. The van der Waals surface area contributed by atoms with Crippen LogP contribution in [0.25, 0.3) is 10.2 Å². The van der Waals surface area contributed by atoms with Crippen molar-refractivity contribution < 1.29 is 9.90 Å². The highest BCUT2D eigenvalue weighted by Crippen LogP contribution is 2.27. The number of rotatable bonds is 4. The van der Waals surface area contributed by atoms with Gasteiger partial charge in [0.05, 0.1) is 15.2 Å². The third-order valence-corrected chi connectivity index (χ3v) is 3.99. The van der Waals surface area contributed by atoms with Gasteiger partial charge in [-0.1, -0.05) is 22.9 Å². The smallest absolute Gasteiger partial charge is 0.303 e. The third kappa shape index (κ3) is 3.26. The van der Waals surface area contributed by atoms with E-state index in [4.69, 9.17) is 5.11 Å². The lowest BCUT2D eigenvalue weighted by Gasteiger charge is -2.04. The van der Waals surface area contributed by atoms with E-state index in [9.17, 15) is 4.79 Å². The molecule has 1 atom stereocenters. The van der Waals surface area contributed by atoms with Gasteiger partial charge in [-0.05, 0) is 24.1 Å². The second-order valence-corrected chi connectivity index (χ2v) is 6.16. The molecular weight excluding hydrogens is 302 g/mol. The van der Waals surface area contributed by atoms with Gasteiger partial charge < -0.3 is 5.11 Å². The molecule has 1 N–H and O–H groups in total. The average Bonchev–Trinajstić information content (AvgIpc) is 2.57. The zero-order valence-corrected chi connectivity index (χ0v) is 11.7. The van der Waals surface area contributed by atoms with Crippen molar-refractivity contribution in [3.63, 3.8) is 0 Å². The number of nitrogens with zero attached hydrogens (tertiary/aromatic N) is 1. The van der Waals surface area contributed by atoms with Crippen LogP contribution < -0.4 is 0 Å². The molecule has 1 unspecified atom stereocenters. The number of carboxylic acid groups (broad SMARTS) is 1. The summed E-state index contributed by atoms with van der Waals surface area (Å²) in [5.74, 6) is -0.627. The van der Waals surface area contributed by atoms with Gasteiger partial charge in [0.2, 0.25) is 0 Å². The number of carboxylic acids is 1. The number of hydrogen-bond donors (Lipinski definition) is 1. The van der Waals surface area contributed by atoms with Crippen molar-refractivity contribution in [2.24, 2.45) is 5.92 Å². The van der Waals surface area contributed by atoms with Gasteiger partial charge in [-0.15, -0.1) is 11.3 Å². The van der Waals surface area contributed by atoms with Crippen LogP contribution in [0, 0.1) is 5.92 Å². The van der Waals surface area contributed by atoms with Crippen molar-refractivity contribution in [3.8, 4) is 0 Å². The quantitative estimate of drug-likeness (QED) is 0.936. The minimum absolute atomic E-state index is 0.122. The molecule has 0 bridgehead atoms. The van der Waals surface area contributed by atoms with Crippen LogP contribution in [0.3, 0.4) is 0 Å². The molecule has 2 aromatic rings. The van der Waals surface area contributed by atoms with Gasteiger partial charge >= 0.3 is 5.97 Å². The molecule has 0 saturated carbocycles. The maximum atomic E-state index is 10.6. The van der Waals surface area contributed by atoms with Gasteiger partial charge in [0.25, 0.3) is 0 Å². The molecule has 1 heterocycles. The topological polar surface area (TPSA) is 50.2 Å². The molecule has 0 spiro atoms. The number of aromatic nitrogens is 1. The van der Waals surface area contributed by atoms with E-state index < -0.39 is 5.97 Å². The van der Waals surface area contributed by atoms with Gasteiger partial charge in [-0.25, -0.2) is 4.98 Å². The number of aliphatic carboxylic acids is 1. The van der Waals surface area contributed by atoms with Crippen molar-refractivity contribution in [2.45, 2.75) is 19.8 Å². The molecule has 5 heteroatoms. The molecule has 0 aliphatic carbocycles. The summed E-state index contributed by atoms with van der Waals surface area (Å²) in [6.07, 6.45) is 0.920. The fourth-order valence-electron chi connectivity index (χ4n) is 1.70. The standard InChI is InChI=1S/C12H12BrNO2S/c1-7(5-12(15)16)4-11-14-9-6-8(13)2-3-10(9)17-11/h2-3,6-7H,4-5H2,1H3,(H,15,16). The molecule has 0 amide bonds. The molecule has 0 fully saturated rings. The van der Waals surface area contributed by atoms with E-state index in [0.29, 0.717) is 0 Å². The van der Waals surface area contributed by atoms with E-state index in [2.05, 4.69) is 20.9 Å². The molecule has 2 rings (SSSR count). The maximum Gasteiger partial charge on any atom is 0.303 e. The first-order valence-corrected chi connectivity index (χ1v) is 6.92. The first-order valence-electron chi connectivity index (χ1n) is 5.31. The molecule has 0 aliphatic rings. The zero-order chi connectivity index (χ0) is 12.4. The normalized spacial score (nSPS) is 12.8. The molecule has 17 heavy (non-hydrogen) atoms. The number of carbonyl (C=O) groups is 1.